The zero-order chi connectivity index (χ0) is 20.5. The maximum Gasteiger partial charge on any atom is 0.416 e. The van der Waals surface area contributed by atoms with Gasteiger partial charge in [0.25, 0.3) is 0 Å². The molecule has 3 rings (SSSR count). The summed E-state index contributed by atoms with van der Waals surface area (Å²) >= 11 is 2.86. The van der Waals surface area contributed by atoms with Crippen LogP contribution in [-0.4, -0.2) is 33.1 Å². The van der Waals surface area contributed by atoms with Crippen LogP contribution in [0.5, 0.6) is 0 Å². The number of halogens is 3. The molecular formula is C18H16F3N3O2S2. The Labute approximate surface area is 167 Å². The lowest BCUT2D eigenvalue weighted by atomic mass is 10.1. The van der Waals surface area contributed by atoms with Crippen molar-refractivity contribution in [2.45, 2.75) is 29.5 Å². The number of ether oxygens (including phenoxy) is 1. The Morgan fingerprint density at radius 2 is 1.89 bits per heavy atom. The summed E-state index contributed by atoms with van der Waals surface area (Å²) in [5.41, 5.74) is 0.616. The Balaban J connectivity index is 2.06. The maximum absolute atomic E-state index is 12.8. The second-order valence-electron chi connectivity index (χ2n) is 5.99. The molecule has 0 atom stereocenters. The lowest BCUT2D eigenvalue weighted by molar-refractivity contribution is -0.137. The van der Waals surface area contributed by atoms with Crippen LogP contribution in [0, 0.1) is 0 Å². The van der Waals surface area contributed by atoms with Gasteiger partial charge in [0.15, 0.2) is 5.69 Å². The van der Waals surface area contributed by atoms with Crippen molar-refractivity contribution in [3.8, 4) is 16.4 Å². The summed E-state index contributed by atoms with van der Waals surface area (Å²) in [6, 6.07) is 6.38. The number of alkyl halides is 3. The van der Waals surface area contributed by atoms with Gasteiger partial charge in [-0.25, -0.2) is 9.78 Å². The maximum atomic E-state index is 12.8. The highest BCUT2D eigenvalue weighted by molar-refractivity contribution is 8.01. The molecule has 2 heterocycles. The molecule has 10 heteroatoms. The third-order valence-electron chi connectivity index (χ3n) is 3.63. The smallest absolute Gasteiger partial charge is 0.416 e. The highest BCUT2D eigenvalue weighted by atomic mass is 32.2. The number of benzene rings is 1. The van der Waals surface area contributed by atoms with Crippen LogP contribution in [0.2, 0.25) is 0 Å². The van der Waals surface area contributed by atoms with Crippen LogP contribution in [0.1, 0.15) is 29.9 Å². The fourth-order valence-electron chi connectivity index (χ4n) is 2.39. The van der Waals surface area contributed by atoms with E-state index in [0.29, 0.717) is 16.4 Å². The molecule has 1 aromatic carbocycles. The summed E-state index contributed by atoms with van der Waals surface area (Å²) in [6.45, 7) is 4.02. The molecule has 0 N–H and O–H groups in total. The first-order valence-corrected chi connectivity index (χ1v) is 9.88. The van der Waals surface area contributed by atoms with Gasteiger partial charge in [0.1, 0.15) is 0 Å². The fourth-order valence-corrected chi connectivity index (χ4v) is 4.89. The van der Waals surface area contributed by atoms with Crippen molar-refractivity contribution in [1.29, 1.82) is 0 Å². The van der Waals surface area contributed by atoms with Gasteiger partial charge in [0, 0.05) is 10.8 Å². The normalized spacial score (nSPS) is 11.8. The van der Waals surface area contributed by atoms with Crippen molar-refractivity contribution in [2.24, 2.45) is 0 Å². The van der Waals surface area contributed by atoms with E-state index in [4.69, 9.17) is 4.74 Å². The second kappa shape index (κ2) is 7.96. The van der Waals surface area contributed by atoms with Crippen molar-refractivity contribution >= 4 is 29.1 Å². The van der Waals surface area contributed by atoms with Gasteiger partial charge in [-0.2, -0.15) is 23.0 Å². The summed E-state index contributed by atoms with van der Waals surface area (Å²) < 4.78 is 45.5. The van der Waals surface area contributed by atoms with Crippen LogP contribution in [0.3, 0.4) is 0 Å². The van der Waals surface area contributed by atoms with Gasteiger partial charge in [-0.05, 0) is 18.2 Å². The minimum absolute atomic E-state index is 0.219. The van der Waals surface area contributed by atoms with Crippen molar-refractivity contribution in [1.82, 2.24) is 14.8 Å². The number of thioether (sulfide) groups is 1. The van der Waals surface area contributed by atoms with Crippen molar-refractivity contribution in [3.63, 3.8) is 0 Å². The predicted molar refractivity (Wildman–Crippen MR) is 102 cm³/mol. The summed E-state index contributed by atoms with van der Waals surface area (Å²) in [6.07, 6.45) is -2.94. The third kappa shape index (κ3) is 4.22. The second-order valence-corrected chi connectivity index (χ2v) is 8.82. The van der Waals surface area contributed by atoms with E-state index in [-0.39, 0.29) is 10.9 Å². The van der Waals surface area contributed by atoms with Gasteiger partial charge in [0.05, 0.1) is 28.8 Å². The number of carbonyl (C=O) groups excluding carboxylic acids is 1. The number of carbonyl (C=O) groups is 1. The van der Waals surface area contributed by atoms with E-state index in [1.807, 2.05) is 13.8 Å². The predicted octanol–water partition coefficient (Wildman–Crippen LogP) is 5.30. The molecule has 0 saturated heterocycles. The molecule has 0 fully saturated rings. The summed E-state index contributed by atoms with van der Waals surface area (Å²) in [5, 5.41) is 4.80. The number of esters is 1. The molecular weight excluding hydrogens is 411 g/mol. The molecule has 0 aliphatic carbocycles. The minimum atomic E-state index is -4.40. The highest BCUT2D eigenvalue weighted by Gasteiger charge is 2.30. The van der Waals surface area contributed by atoms with Gasteiger partial charge >= 0.3 is 12.1 Å². The molecule has 0 bridgehead atoms. The van der Waals surface area contributed by atoms with Crippen LogP contribution in [0.4, 0.5) is 13.2 Å². The highest BCUT2D eigenvalue weighted by Crippen LogP contribution is 2.40. The van der Waals surface area contributed by atoms with Crippen LogP contribution in [0.25, 0.3) is 16.4 Å². The van der Waals surface area contributed by atoms with Gasteiger partial charge in [-0.3, -0.25) is 0 Å². The Kier molecular flexibility index (Phi) is 5.80. The van der Waals surface area contributed by atoms with Gasteiger partial charge in [-0.1, -0.05) is 37.3 Å². The van der Waals surface area contributed by atoms with E-state index >= 15 is 0 Å². The van der Waals surface area contributed by atoms with Crippen molar-refractivity contribution < 1.29 is 22.7 Å². The van der Waals surface area contributed by atoms with Gasteiger partial charge < -0.3 is 4.74 Å². The average molecular weight is 427 g/mol. The van der Waals surface area contributed by atoms with Crippen molar-refractivity contribution in [3.05, 3.63) is 47.8 Å². The molecule has 0 aliphatic rings. The van der Waals surface area contributed by atoms with E-state index in [2.05, 4.69) is 10.1 Å². The Hall–Kier alpha value is -2.33. The minimum Gasteiger partial charge on any atom is -0.464 e. The molecule has 0 aliphatic heterocycles. The molecule has 5 nitrogen and oxygen atoms in total. The monoisotopic (exact) mass is 427 g/mol. The van der Waals surface area contributed by atoms with Crippen LogP contribution >= 0.6 is 23.1 Å². The number of nitrogens with zero attached hydrogens (tertiary/aromatic N) is 3. The molecule has 0 spiro atoms. The van der Waals surface area contributed by atoms with E-state index in [1.54, 1.807) is 11.8 Å². The topological polar surface area (TPSA) is 57.0 Å². The molecule has 0 radical (unpaired) electrons. The number of methoxy groups -OCH3 is 1. The number of aromatic nitrogens is 3. The third-order valence-corrected chi connectivity index (χ3v) is 5.87. The number of hydrogen-bond donors (Lipinski definition) is 0. The van der Waals surface area contributed by atoms with E-state index in [1.165, 1.54) is 47.5 Å². The Morgan fingerprint density at radius 3 is 2.46 bits per heavy atom. The van der Waals surface area contributed by atoms with Gasteiger partial charge in [0.2, 0.25) is 5.13 Å². The fraction of sp³-hybridized carbons (Fsp3) is 0.278. The number of rotatable bonds is 5. The Morgan fingerprint density at radius 1 is 1.21 bits per heavy atom. The summed E-state index contributed by atoms with van der Waals surface area (Å²) in [7, 11) is 1.27. The Bertz CT molecular complexity index is 979. The van der Waals surface area contributed by atoms with Crippen LogP contribution < -0.4 is 0 Å². The molecule has 0 unspecified atom stereocenters. The number of hydrogen-bond acceptors (Lipinski definition) is 6. The average Bonchev–Trinajstić information content (AvgIpc) is 3.27. The SMILES string of the molecule is COC(=O)c1ccnn1-c1nc(-c2ccc(C(F)(F)F)cc2)c(SC(C)C)s1. The van der Waals surface area contributed by atoms with Crippen LogP contribution in [0.15, 0.2) is 40.7 Å². The first-order valence-electron chi connectivity index (χ1n) is 8.18. The molecule has 148 valence electrons. The largest absolute Gasteiger partial charge is 0.464 e. The van der Waals surface area contributed by atoms with Crippen LogP contribution in [-0.2, 0) is 10.9 Å². The zero-order valence-corrected chi connectivity index (χ0v) is 16.8. The number of thiazole rings is 1. The van der Waals surface area contributed by atoms with E-state index in [0.717, 1.165) is 16.3 Å². The molecule has 3 aromatic rings. The first-order chi connectivity index (χ1) is 13.2. The summed E-state index contributed by atoms with van der Waals surface area (Å²) in [4.78, 5) is 16.5. The lowest BCUT2D eigenvalue weighted by Gasteiger charge is -2.08. The molecule has 0 amide bonds. The standard InChI is InChI=1S/C18H16F3N3O2S2/c1-10(2)27-16-14(11-4-6-12(7-5-11)18(19,20)21)23-17(28-16)24-13(8-9-22-24)15(25)26-3/h4-10H,1-3H3. The summed E-state index contributed by atoms with van der Waals surface area (Å²) in [5.74, 6) is -0.554. The molecule has 2 aromatic heterocycles. The molecule has 0 saturated carbocycles. The van der Waals surface area contributed by atoms with Gasteiger partial charge in [-0.15, -0.1) is 11.8 Å². The quantitative estimate of drug-likeness (QED) is 0.408. The first kappa shape index (κ1) is 20.4. The van der Waals surface area contributed by atoms with E-state index in [9.17, 15) is 18.0 Å². The molecule has 28 heavy (non-hydrogen) atoms. The van der Waals surface area contributed by atoms with E-state index < -0.39 is 17.7 Å². The lowest BCUT2D eigenvalue weighted by Crippen LogP contribution is -2.09. The zero-order valence-electron chi connectivity index (χ0n) is 15.1. The van der Waals surface area contributed by atoms with Crippen molar-refractivity contribution in [2.75, 3.05) is 7.11 Å².